The topological polar surface area (TPSA) is 74.6 Å². The van der Waals surface area contributed by atoms with Gasteiger partial charge in [0.2, 0.25) is 0 Å². The van der Waals surface area contributed by atoms with Crippen molar-refractivity contribution in [1.82, 2.24) is 0 Å². The van der Waals surface area contributed by atoms with E-state index in [1.807, 2.05) is 0 Å². The van der Waals surface area contributed by atoms with Crippen molar-refractivity contribution in [2.45, 2.75) is 12.8 Å². The zero-order chi connectivity index (χ0) is 6.57. The second-order valence-corrected chi connectivity index (χ2v) is 1.29. The highest BCUT2D eigenvalue weighted by molar-refractivity contribution is 5.75. The minimum Gasteiger partial charge on any atom is -0.481 e. The molecule has 0 fully saturated rings. The van der Waals surface area contributed by atoms with Gasteiger partial charge in [-0.2, -0.15) is 0 Å². The van der Waals surface area contributed by atoms with Crippen LogP contribution < -0.4 is 0 Å². The fourth-order valence-corrected chi connectivity index (χ4v) is 0.214. The van der Waals surface area contributed by atoms with Gasteiger partial charge in [0.05, 0.1) is 12.8 Å². The van der Waals surface area contributed by atoms with E-state index in [1.54, 1.807) is 0 Å². The molecule has 5 heteroatoms. The number of rotatable bonds is 3. The molecular formula is C4H6MgO4. The van der Waals surface area contributed by atoms with E-state index >= 15 is 0 Å². The summed E-state index contributed by atoms with van der Waals surface area (Å²) in [5.74, 6) is -2.15. The summed E-state index contributed by atoms with van der Waals surface area (Å²) in [7, 11) is 0. The standard InChI is InChI=1S/C4H6O4.Mg/c5-3(6)1-2-4(7)8;/h1-2H2,(H,5,6)(H,7,8);. The van der Waals surface area contributed by atoms with Crippen molar-refractivity contribution >= 4 is 35.0 Å². The molecule has 0 aliphatic heterocycles. The highest BCUT2D eigenvalue weighted by Crippen LogP contribution is 1.85. The summed E-state index contributed by atoms with van der Waals surface area (Å²) in [6.45, 7) is 0. The molecule has 0 heterocycles. The Morgan fingerprint density at radius 3 is 1.33 bits per heavy atom. The first-order valence-electron chi connectivity index (χ1n) is 2.06. The lowest BCUT2D eigenvalue weighted by Crippen LogP contribution is -2.00. The first-order chi connectivity index (χ1) is 3.63. The van der Waals surface area contributed by atoms with Crippen LogP contribution in [-0.2, 0) is 9.59 Å². The predicted octanol–water partition coefficient (Wildman–Crippen LogP) is -0.445. The summed E-state index contributed by atoms with van der Waals surface area (Å²) >= 11 is 0. The summed E-state index contributed by atoms with van der Waals surface area (Å²) in [5.41, 5.74) is 0. The molecule has 0 unspecified atom stereocenters. The number of hydrogen-bond donors (Lipinski definition) is 2. The van der Waals surface area contributed by atoms with Gasteiger partial charge in [0.1, 0.15) is 0 Å². The molecule has 2 N–H and O–H groups in total. The van der Waals surface area contributed by atoms with Crippen molar-refractivity contribution < 1.29 is 19.8 Å². The van der Waals surface area contributed by atoms with Crippen molar-refractivity contribution in [2.75, 3.05) is 0 Å². The fraction of sp³-hybridized carbons (Fsp3) is 0.500. The van der Waals surface area contributed by atoms with E-state index in [-0.39, 0.29) is 35.9 Å². The number of carboxylic acids is 2. The Morgan fingerprint density at radius 1 is 1.00 bits per heavy atom. The molecule has 0 aliphatic carbocycles. The van der Waals surface area contributed by atoms with E-state index in [0.717, 1.165) is 0 Å². The van der Waals surface area contributed by atoms with Gasteiger partial charge in [0.15, 0.2) is 0 Å². The average Bonchev–Trinajstić information content (AvgIpc) is 1.61. The second-order valence-electron chi connectivity index (χ2n) is 1.29. The molecule has 0 amide bonds. The van der Waals surface area contributed by atoms with E-state index in [2.05, 4.69) is 0 Å². The number of hydrogen-bond acceptors (Lipinski definition) is 2. The van der Waals surface area contributed by atoms with Gasteiger partial charge in [-0.3, -0.25) is 9.59 Å². The Morgan fingerprint density at radius 2 is 1.22 bits per heavy atom. The maximum absolute atomic E-state index is 9.64. The molecule has 0 spiro atoms. The maximum Gasteiger partial charge on any atom is 0.303 e. The molecule has 0 atom stereocenters. The second kappa shape index (κ2) is 5.84. The number of carboxylic acid groups (broad SMARTS) is 2. The minimum atomic E-state index is -1.08. The Balaban J connectivity index is 0. The molecule has 0 saturated carbocycles. The van der Waals surface area contributed by atoms with Gasteiger partial charge in [0.25, 0.3) is 0 Å². The molecular weight excluding hydrogens is 136 g/mol. The third-order valence-electron chi connectivity index (χ3n) is 0.553. The lowest BCUT2D eigenvalue weighted by molar-refractivity contribution is -0.143. The van der Waals surface area contributed by atoms with Gasteiger partial charge in [-0.1, -0.05) is 0 Å². The molecule has 0 saturated heterocycles. The largest absolute Gasteiger partial charge is 0.481 e. The number of aliphatic carboxylic acids is 2. The first kappa shape index (κ1) is 11.5. The van der Waals surface area contributed by atoms with Gasteiger partial charge in [-0.25, -0.2) is 0 Å². The zero-order valence-corrected chi connectivity index (χ0v) is 6.25. The molecule has 4 nitrogen and oxygen atoms in total. The molecule has 2 radical (unpaired) electrons. The van der Waals surface area contributed by atoms with Crippen LogP contribution in [0.15, 0.2) is 0 Å². The molecule has 48 valence electrons. The van der Waals surface area contributed by atoms with Gasteiger partial charge in [0, 0.05) is 23.1 Å². The van der Waals surface area contributed by atoms with Crippen LogP contribution in [0.3, 0.4) is 0 Å². The van der Waals surface area contributed by atoms with Crippen LogP contribution in [0.4, 0.5) is 0 Å². The molecule has 0 aromatic rings. The van der Waals surface area contributed by atoms with Crippen molar-refractivity contribution in [1.29, 1.82) is 0 Å². The van der Waals surface area contributed by atoms with Crippen LogP contribution in [0.1, 0.15) is 12.8 Å². The summed E-state index contributed by atoms with van der Waals surface area (Å²) < 4.78 is 0. The van der Waals surface area contributed by atoms with Gasteiger partial charge in [-0.15, -0.1) is 0 Å². The Labute approximate surface area is 68.0 Å². The van der Waals surface area contributed by atoms with Crippen LogP contribution in [0.5, 0.6) is 0 Å². The lowest BCUT2D eigenvalue weighted by Gasteiger charge is -1.85. The van der Waals surface area contributed by atoms with E-state index in [4.69, 9.17) is 10.2 Å². The molecule has 0 aromatic carbocycles. The monoisotopic (exact) mass is 142 g/mol. The lowest BCUT2D eigenvalue weighted by atomic mass is 10.3. The van der Waals surface area contributed by atoms with Gasteiger partial charge < -0.3 is 10.2 Å². The van der Waals surface area contributed by atoms with Crippen molar-refractivity contribution in [3.8, 4) is 0 Å². The van der Waals surface area contributed by atoms with Gasteiger partial charge in [-0.05, 0) is 0 Å². The SMILES string of the molecule is O=C(O)CCC(=O)O.[Mg]. The smallest absolute Gasteiger partial charge is 0.303 e. The fourth-order valence-electron chi connectivity index (χ4n) is 0.214. The Kier molecular flexibility index (Phi) is 7.45. The third kappa shape index (κ3) is 11.3. The zero-order valence-electron chi connectivity index (χ0n) is 4.83. The highest BCUT2D eigenvalue weighted by Gasteiger charge is 2.00. The normalized spacial score (nSPS) is 7.56. The Hall–Kier alpha value is -0.294. The van der Waals surface area contributed by atoms with Crippen molar-refractivity contribution in [3.05, 3.63) is 0 Å². The summed E-state index contributed by atoms with van der Waals surface area (Å²) in [5, 5.41) is 15.8. The average molecular weight is 142 g/mol. The van der Waals surface area contributed by atoms with E-state index in [9.17, 15) is 9.59 Å². The quantitative estimate of drug-likeness (QED) is 0.524. The third-order valence-corrected chi connectivity index (χ3v) is 0.553. The molecule has 0 rings (SSSR count). The van der Waals surface area contributed by atoms with Crippen molar-refractivity contribution in [2.24, 2.45) is 0 Å². The molecule has 0 aliphatic rings. The Bertz CT molecular complexity index is 97.1. The van der Waals surface area contributed by atoms with Gasteiger partial charge >= 0.3 is 11.9 Å². The highest BCUT2D eigenvalue weighted by atomic mass is 24.3. The van der Waals surface area contributed by atoms with Crippen LogP contribution in [-0.4, -0.2) is 45.2 Å². The van der Waals surface area contributed by atoms with Crippen LogP contribution in [0.25, 0.3) is 0 Å². The summed E-state index contributed by atoms with van der Waals surface area (Å²) in [6, 6.07) is 0. The van der Waals surface area contributed by atoms with Crippen molar-refractivity contribution in [3.63, 3.8) is 0 Å². The first-order valence-corrected chi connectivity index (χ1v) is 2.06. The van der Waals surface area contributed by atoms with E-state index in [0.29, 0.717) is 0 Å². The van der Waals surface area contributed by atoms with E-state index < -0.39 is 11.9 Å². The van der Waals surface area contributed by atoms with E-state index in [1.165, 1.54) is 0 Å². The summed E-state index contributed by atoms with van der Waals surface area (Å²) in [4.78, 5) is 19.3. The molecule has 9 heavy (non-hydrogen) atoms. The molecule has 0 aromatic heterocycles. The number of carbonyl (C=O) groups is 2. The van der Waals surface area contributed by atoms with Crippen LogP contribution in [0.2, 0.25) is 0 Å². The predicted molar refractivity (Wildman–Crippen MR) is 30.3 cm³/mol. The molecule has 0 bridgehead atoms. The van der Waals surface area contributed by atoms with Crippen LogP contribution in [0, 0.1) is 0 Å². The minimum absolute atomic E-state index is 0. The summed E-state index contributed by atoms with van der Waals surface area (Å²) in [6.07, 6.45) is -0.593. The van der Waals surface area contributed by atoms with Crippen LogP contribution >= 0.6 is 0 Å². The maximum atomic E-state index is 9.64.